The summed E-state index contributed by atoms with van der Waals surface area (Å²) in [6, 6.07) is 7.92. The minimum Gasteiger partial charge on any atom is -0.490 e. The van der Waals surface area contributed by atoms with Gasteiger partial charge in [0.2, 0.25) is 0 Å². The number of benzene rings is 1. The minimum absolute atomic E-state index is 0.0198. The molecule has 1 heterocycles. The third-order valence-electron chi connectivity index (χ3n) is 4.78. The van der Waals surface area contributed by atoms with E-state index >= 15 is 0 Å². The van der Waals surface area contributed by atoms with Crippen molar-refractivity contribution in [3.8, 4) is 5.75 Å². The smallest absolute Gasteiger partial charge is 0.277 e. The fraction of sp³-hybridized carbons (Fsp3) is 0.400. The molecule has 0 spiro atoms. The Morgan fingerprint density at radius 1 is 1.24 bits per heavy atom. The molecule has 4 nitrogen and oxygen atoms in total. The lowest BCUT2D eigenvalue weighted by Gasteiger charge is -2.30. The predicted octanol–water partition coefficient (Wildman–Crippen LogP) is 3.98. The summed E-state index contributed by atoms with van der Waals surface area (Å²) in [5, 5.41) is 0.620. The van der Waals surface area contributed by atoms with E-state index in [2.05, 4.69) is 6.58 Å². The van der Waals surface area contributed by atoms with Crippen LogP contribution < -0.4 is 4.74 Å². The summed E-state index contributed by atoms with van der Waals surface area (Å²) in [5.74, 6) is 0.805. The fourth-order valence-electron chi connectivity index (χ4n) is 3.41. The SMILES string of the molecule is C=CCOc1ccc(/C=C2/C(=O)N(C3CCCCC3)C(=S)N2C)cc1. The van der Waals surface area contributed by atoms with Gasteiger partial charge < -0.3 is 9.64 Å². The van der Waals surface area contributed by atoms with E-state index in [-0.39, 0.29) is 11.9 Å². The van der Waals surface area contributed by atoms with E-state index in [0.29, 0.717) is 17.4 Å². The molecule has 0 unspecified atom stereocenters. The zero-order valence-corrected chi connectivity index (χ0v) is 15.4. The molecule has 1 aromatic carbocycles. The maximum Gasteiger partial charge on any atom is 0.277 e. The van der Waals surface area contributed by atoms with E-state index in [1.165, 1.54) is 19.3 Å². The highest BCUT2D eigenvalue weighted by molar-refractivity contribution is 7.80. The molecule has 5 heteroatoms. The number of carbonyl (C=O) groups is 1. The van der Waals surface area contributed by atoms with Gasteiger partial charge in [0.05, 0.1) is 0 Å². The monoisotopic (exact) mass is 356 g/mol. The average molecular weight is 356 g/mol. The largest absolute Gasteiger partial charge is 0.490 e. The van der Waals surface area contributed by atoms with Crippen molar-refractivity contribution in [2.45, 2.75) is 38.1 Å². The standard InChI is InChI=1S/C20H24N2O2S/c1-3-13-24-17-11-9-15(10-12-17)14-18-19(23)22(20(25)21(18)2)16-7-5-4-6-8-16/h3,9-12,14,16H,1,4-8,13H2,2H3/b18-14-. The van der Waals surface area contributed by atoms with Crippen molar-refractivity contribution >= 4 is 29.3 Å². The normalized spacial score (nSPS) is 20.4. The Hall–Kier alpha value is -2.14. The van der Waals surface area contributed by atoms with E-state index in [9.17, 15) is 4.79 Å². The van der Waals surface area contributed by atoms with Gasteiger partial charge in [-0.15, -0.1) is 0 Å². The quantitative estimate of drug-likeness (QED) is 0.454. The van der Waals surface area contributed by atoms with Crippen LogP contribution in [0.4, 0.5) is 0 Å². The summed E-state index contributed by atoms with van der Waals surface area (Å²) in [4.78, 5) is 16.6. The van der Waals surface area contributed by atoms with Crippen molar-refractivity contribution < 1.29 is 9.53 Å². The molecule has 25 heavy (non-hydrogen) atoms. The van der Waals surface area contributed by atoms with Crippen LogP contribution in [0, 0.1) is 0 Å². The maximum atomic E-state index is 12.9. The Bertz CT molecular complexity index is 690. The highest BCUT2D eigenvalue weighted by atomic mass is 32.1. The lowest BCUT2D eigenvalue weighted by Crippen LogP contribution is -2.41. The number of rotatable bonds is 5. The number of nitrogens with zero attached hydrogens (tertiary/aromatic N) is 2. The predicted molar refractivity (Wildman–Crippen MR) is 104 cm³/mol. The van der Waals surface area contributed by atoms with Crippen LogP contribution in [-0.2, 0) is 4.79 Å². The summed E-state index contributed by atoms with van der Waals surface area (Å²) >= 11 is 5.54. The molecule has 0 atom stereocenters. The molecule has 132 valence electrons. The number of likely N-dealkylation sites (N-methyl/N-ethyl adjacent to an activating group) is 1. The average Bonchev–Trinajstić information content (AvgIpc) is 2.85. The number of thiocarbonyl (C=S) groups is 1. The van der Waals surface area contributed by atoms with Crippen molar-refractivity contribution in [3.63, 3.8) is 0 Å². The Morgan fingerprint density at radius 2 is 1.92 bits per heavy atom. The highest BCUT2D eigenvalue weighted by Crippen LogP contribution is 2.30. The van der Waals surface area contributed by atoms with Crippen LogP contribution in [0.1, 0.15) is 37.7 Å². The maximum absolute atomic E-state index is 12.9. The first-order chi connectivity index (χ1) is 12.1. The molecule has 2 fully saturated rings. The van der Waals surface area contributed by atoms with Crippen LogP contribution in [0.25, 0.3) is 6.08 Å². The molecule has 0 N–H and O–H groups in total. The first-order valence-corrected chi connectivity index (χ1v) is 9.19. The van der Waals surface area contributed by atoms with Gasteiger partial charge in [-0.1, -0.05) is 44.1 Å². The van der Waals surface area contributed by atoms with E-state index in [1.807, 2.05) is 47.2 Å². The summed E-state index contributed by atoms with van der Waals surface area (Å²) in [7, 11) is 1.87. The van der Waals surface area contributed by atoms with Crippen molar-refractivity contribution in [3.05, 3.63) is 48.2 Å². The van der Waals surface area contributed by atoms with E-state index in [4.69, 9.17) is 17.0 Å². The molecule has 3 rings (SSSR count). The van der Waals surface area contributed by atoms with Crippen LogP contribution in [0.3, 0.4) is 0 Å². The van der Waals surface area contributed by atoms with Crippen LogP contribution in [0.15, 0.2) is 42.6 Å². The number of amides is 1. The molecular formula is C20H24N2O2S. The molecule has 0 radical (unpaired) electrons. The highest BCUT2D eigenvalue weighted by Gasteiger charge is 2.40. The summed E-state index contributed by atoms with van der Waals surface area (Å²) in [6.45, 7) is 4.12. The van der Waals surface area contributed by atoms with Gasteiger partial charge in [0, 0.05) is 13.1 Å². The molecule has 1 saturated heterocycles. The summed E-state index contributed by atoms with van der Waals surface area (Å²) < 4.78 is 5.49. The van der Waals surface area contributed by atoms with Crippen LogP contribution in [0.5, 0.6) is 5.75 Å². The van der Waals surface area contributed by atoms with Crippen molar-refractivity contribution in [1.82, 2.24) is 9.80 Å². The summed E-state index contributed by atoms with van der Waals surface area (Å²) in [6.07, 6.45) is 9.30. The fourth-order valence-corrected chi connectivity index (χ4v) is 3.74. The second-order valence-corrected chi connectivity index (χ2v) is 6.87. The van der Waals surface area contributed by atoms with E-state index in [0.717, 1.165) is 24.2 Å². The zero-order chi connectivity index (χ0) is 17.8. The topological polar surface area (TPSA) is 32.8 Å². The Labute approximate surface area is 154 Å². The van der Waals surface area contributed by atoms with Gasteiger partial charge >= 0.3 is 0 Å². The lowest BCUT2D eigenvalue weighted by molar-refractivity contribution is -0.124. The second kappa shape index (κ2) is 7.83. The number of ether oxygens (including phenoxy) is 1. The molecule has 0 bridgehead atoms. The van der Waals surface area contributed by atoms with Crippen LogP contribution >= 0.6 is 12.2 Å². The van der Waals surface area contributed by atoms with Gasteiger partial charge in [-0.25, -0.2) is 0 Å². The Balaban J connectivity index is 1.78. The summed E-state index contributed by atoms with van der Waals surface area (Å²) in [5.41, 5.74) is 1.59. The van der Waals surface area contributed by atoms with Crippen molar-refractivity contribution in [2.75, 3.05) is 13.7 Å². The van der Waals surface area contributed by atoms with Gasteiger partial charge in [-0.2, -0.15) is 0 Å². The lowest BCUT2D eigenvalue weighted by atomic mass is 9.94. The van der Waals surface area contributed by atoms with Crippen molar-refractivity contribution in [2.24, 2.45) is 0 Å². The third-order valence-corrected chi connectivity index (χ3v) is 5.25. The molecule has 0 aromatic heterocycles. The third kappa shape index (κ3) is 3.76. The van der Waals surface area contributed by atoms with Gasteiger partial charge in [0.1, 0.15) is 18.1 Å². The van der Waals surface area contributed by atoms with Gasteiger partial charge in [-0.05, 0) is 48.8 Å². The second-order valence-electron chi connectivity index (χ2n) is 6.51. The van der Waals surface area contributed by atoms with Gasteiger partial charge in [0.15, 0.2) is 5.11 Å². The van der Waals surface area contributed by atoms with Crippen molar-refractivity contribution in [1.29, 1.82) is 0 Å². The molecule has 2 aliphatic rings. The van der Waals surface area contributed by atoms with Gasteiger partial charge in [0.25, 0.3) is 5.91 Å². The van der Waals surface area contributed by atoms with E-state index in [1.54, 1.807) is 6.08 Å². The first-order valence-electron chi connectivity index (χ1n) is 8.78. The van der Waals surface area contributed by atoms with Crippen LogP contribution in [-0.4, -0.2) is 40.5 Å². The minimum atomic E-state index is 0.0198. The van der Waals surface area contributed by atoms with Gasteiger partial charge in [-0.3, -0.25) is 9.69 Å². The molecule has 1 aliphatic carbocycles. The van der Waals surface area contributed by atoms with Crippen LogP contribution in [0.2, 0.25) is 0 Å². The zero-order valence-electron chi connectivity index (χ0n) is 14.6. The molecule has 1 aliphatic heterocycles. The molecular weight excluding hydrogens is 332 g/mol. The number of hydrogen-bond acceptors (Lipinski definition) is 3. The Morgan fingerprint density at radius 3 is 2.56 bits per heavy atom. The first kappa shape index (κ1) is 17.7. The Kier molecular flexibility index (Phi) is 5.53. The number of hydrogen-bond donors (Lipinski definition) is 0. The molecule has 1 amide bonds. The molecule has 1 aromatic rings. The number of carbonyl (C=O) groups excluding carboxylic acids is 1. The molecule has 1 saturated carbocycles. The van der Waals surface area contributed by atoms with E-state index < -0.39 is 0 Å².